The molecular weight excluding hydrogens is 469 g/mol. The molecule has 0 fully saturated rings. The molecule has 178 valence electrons. The average Bonchev–Trinajstić information content (AvgIpc) is 3.30. The summed E-state index contributed by atoms with van der Waals surface area (Å²) in [4.78, 5) is 0. The van der Waals surface area contributed by atoms with E-state index in [0.29, 0.717) is 0 Å². The summed E-state index contributed by atoms with van der Waals surface area (Å²) in [6.45, 7) is 7.94. The van der Waals surface area contributed by atoms with Gasteiger partial charge in [0.05, 0.1) is 16.7 Å². The van der Waals surface area contributed by atoms with Gasteiger partial charge in [-0.1, -0.05) is 110 Å². The van der Waals surface area contributed by atoms with Gasteiger partial charge in [0.2, 0.25) is 0 Å². The fourth-order valence-electron chi connectivity index (χ4n) is 5.19. The highest BCUT2D eigenvalue weighted by Crippen LogP contribution is 2.45. The Hall–Kier alpha value is -4.39. The molecule has 1 heterocycles. The van der Waals surface area contributed by atoms with Crippen LogP contribution < -0.4 is 15.9 Å². The van der Waals surface area contributed by atoms with Gasteiger partial charge < -0.3 is 9.13 Å². The highest BCUT2D eigenvalue weighted by atomic mass is 31.2. The van der Waals surface area contributed by atoms with Crippen LogP contribution in [0.1, 0.15) is 11.1 Å². The van der Waals surface area contributed by atoms with Crippen LogP contribution in [0.2, 0.25) is 0 Å². The van der Waals surface area contributed by atoms with Gasteiger partial charge in [0.1, 0.15) is 0 Å². The summed E-state index contributed by atoms with van der Waals surface area (Å²) in [5.74, 6) is 0. The zero-order chi connectivity index (χ0) is 25.4. The van der Waals surface area contributed by atoms with E-state index in [0.717, 1.165) is 54.5 Å². The number of rotatable bonds is 6. The van der Waals surface area contributed by atoms with Crippen molar-refractivity contribution in [2.75, 3.05) is 0 Å². The molecule has 0 aliphatic carbocycles. The first-order chi connectivity index (χ1) is 18.1. The third-order valence-corrected chi connectivity index (χ3v) is 10.1. The predicted molar refractivity (Wildman–Crippen MR) is 160 cm³/mol. The maximum absolute atomic E-state index is 15.4. The van der Waals surface area contributed by atoms with E-state index >= 15 is 4.57 Å². The van der Waals surface area contributed by atoms with Crippen molar-refractivity contribution in [2.24, 2.45) is 0 Å². The van der Waals surface area contributed by atoms with E-state index in [9.17, 15) is 0 Å². The lowest BCUT2D eigenvalue weighted by Gasteiger charge is -2.23. The Bertz CT molecular complexity index is 1720. The SMILES string of the molecule is C=Cc1ccc2c(c1)c1cc(C=C)ccc1n2-c1ccccc1P(=O)(c1ccccc1)c1ccccc1. The summed E-state index contributed by atoms with van der Waals surface area (Å²) in [5.41, 5.74) is 5.14. The molecule has 0 bridgehead atoms. The van der Waals surface area contributed by atoms with Crippen LogP contribution in [0, 0.1) is 0 Å². The van der Waals surface area contributed by atoms with E-state index in [1.165, 1.54) is 0 Å². The highest BCUT2D eigenvalue weighted by molar-refractivity contribution is 7.85. The van der Waals surface area contributed by atoms with Crippen molar-refractivity contribution in [3.63, 3.8) is 0 Å². The number of para-hydroxylation sites is 1. The second kappa shape index (κ2) is 9.24. The topological polar surface area (TPSA) is 22.0 Å². The lowest BCUT2D eigenvalue weighted by Crippen LogP contribution is -2.27. The number of hydrogen-bond acceptors (Lipinski definition) is 1. The third kappa shape index (κ3) is 3.69. The van der Waals surface area contributed by atoms with Crippen LogP contribution in [0.4, 0.5) is 0 Å². The number of benzene rings is 5. The Kier molecular flexibility index (Phi) is 5.75. The molecule has 0 unspecified atom stereocenters. The van der Waals surface area contributed by atoms with Gasteiger partial charge >= 0.3 is 0 Å². The zero-order valence-electron chi connectivity index (χ0n) is 20.4. The van der Waals surface area contributed by atoms with Gasteiger partial charge in [-0.2, -0.15) is 0 Å². The Labute approximate surface area is 217 Å². The minimum Gasteiger partial charge on any atom is -0.309 e. The molecule has 0 spiro atoms. The molecule has 1 aromatic heterocycles. The Morgan fingerprint density at radius 1 is 0.568 bits per heavy atom. The minimum absolute atomic E-state index is 0.812. The van der Waals surface area contributed by atoms with Crippen molar-refractivity contribution in [3.8, 4) is 5.69 Å². The molecule has 6 rings (SSSR count). The third-order valence-electron chi connectivity index (χ3n) is 6.99. The molecule has 5 aromatic carbocycles. The lowest BCUT2D eigenvalue weighted by molar-refractivity contribution is 0.592. The second-order valence-electron chi connectivity index (χ2n) is 9.07. The smallest absolute Gasteiger partial charge is 0.173 e. The molecule has 0 amide bonds. The summed E-state index contributed by atoms with van der Waals surface area (Å²) in [5, 5.41) is 4.70. The van der Waals surface area contributed by atoms with Gasteiger partial charge in [-0.25, -0.2) is 0 Å². The molecule has 2 nitrogen and oxygen atoms in total. The van der Waals surface area contributed by atoms with Gasteiger partial charge in [-0.15, -0.1) is 0 Å². The predicted octanol–water partition coefficient (Wildman–Crippen LogP) is 7.71. The standard InChI is InChI=1S/C34H26NOP/c1-3-25-19-21-31-29(23-25)30-24-26(4-2)20-22-32(30)35(31)33-17-11-12-18-34(33)37(36,27-13-7-5-8-14-27)28-15-9-6-10-16-28/h3-24H,1-2H2. The molecular formula is C34H26NOP. The molecule has 37 heavy (non-hydrogen) atoms. The monoisotopic (exact) mass is 495 g/mol. The Morgan fingerprint density at radius 2 is 1.03 bits per heavy atom. The first-order valence-electron chi connectivity index (χ1n) is 12.3. The van der Waals surface area contributed by atoms with Crippen LogP contribution in [-0.4, -0.2) is 4.57 Å². The summed E-state index contributed by atoms with van der Waals surface area (Å²) in [6.07, 6.45) is 3.74. The molecule has 0 saturated carbocycles. The van der Waals surface area contributed by atoms with Crippen LogP contribution in [0.25, 0.3) is 39.6 Å². The first kappa shape index (κ1) is 23.0. The van der Waals surface area contributed by atoms with Crippen LogP contribution >= 0.6 is 7.14 Å². The van der Waals surface area contributed by atoms with E-state index in [-0.39, 0.29) is 0 Å². The molecule has 0 aliphatic heterocycles. The van der Waals surface area contributed by atoms with Gasteiger partial charge in [0.25, 0.3) is 0 Å². The number of fused-ring (bicyclic) bond motifs is 3. The van der Waals surface area contributed by atoms with E-state index < -0.39 is 7.14 Å². The van der Waals surface area contributed by atoms with Gasteiger partial charge in [-0.05, 0) is 47.5 Å². The molecule has 6 aromatic rings. The average molecular weight is 496 g/mol. The first-order valence-corrected chi connectivity index (χ1v) is 14.0. The quantitative estimate of drug-likeness (QED) is 0.217. The van der Waals surface area contributed by atoms with Crippen LogP contribution in [0.3, 0.4) is 0 Å². The zero-order valence-corrected chi connectivity index (χ0v) is 21.3. The summed E-state index contributed by atoms with van der Waals surface area (Å²) < 4.78 is 17.6. The summed E-state index contributed by atoms with van der Waals surface area (Å²) in [6, 6.07) is 40.5. The fraction of sp³-hybridized carbons (Fsp3) is 0. The van der Waals surface area contributed by atoms with E-state index in [1.54, 1.807) is 0 Å². The van der Waals surface area contributed by atoms with Crippen molar-refractivity contribution < 1.29 is 4.57 Å². The van der Waals surface area contributed by atoms with Crippen molar-refractivity contribution >= 4 is 57.0 Å². The largest absolute Gasteiger partial charge is 0.309 e. The van der Waals surface area contributed by atoms with Gasteiger partial charge in [0, 0.05) is 26.7 Å². The minimum atomic E-state index is -3.19. The maximum Gasteiger partial charge on any atom is 0.173 e. The number of nitrogens with zero attached hydrogens (tertiary/aromatic N) is 1. The number of aromatic nitrogens is 1. The van der Waals surface area contributed by atoms with Crippen molar-refractivity contribution in [3.05, 3.63) is 146 Å². The molecule has 0 atom stereocenters. The summed E-state index contributed by atoms with van der Waals surface area (Å²) in [7, 11) is -3.19. The van der Waals surface area contributed by atoms with Crippen molar-refractivity contribution in [1.82, 2.24) is 4.57 Å². The lowest BCUT2D eigenvalue weighted by atomic mass is 10.1. The highest BCUT2D eigenvalue weighted by Gasteiger charge is 2.32. The Morgan fingerprint density at radius 3 is 1.51 bits per heavy atom. The fourth-order valence-corrected chi connectivity index (χ4v) is 8.03. The van der Waals surface area contributed by atoms with Gasteiger partial charge in [0.15, 0.2) is 7.14 Å². The van der Waals surface area contributed by atoms with E-state index in [2.05, 4.69) is 60.2 Å². The maximum atomic E-state index is 15.4. The van der Waals surface area contributed by atoms with Crippen molar-refractivity contribution in [1.29, 1.82) is 0 Å². The summed E-state index contributed by atoms with van der Waals surface area (Å²) >= 11 is 0. The van der Waals surface area contributed by atoms with Crippen LogP contribution in [-0.2, 0) is 4.57 Å². The van der Waals surface area contributed by atoms with Gasteiger partial charge in [-0.3, -0.25) is 0 Å². The number of hydrogen-bond donors (Lipinski definition) is 0. The van der Waals surface area contributed by atoms with Crippen LogP contribution in [0.5, 0.6) is 0 Å². The molecule has 3 heteroatoms. The van der Waals surface area contributed by atoms with Crippen LogP contribution in [0.15, 0.2) is 134 Å². The molecule has 0 saturated heterocycles. The van der Waals surface area contributed by atoms with E-state index in [4.69, 9.17) is 0 Å². The molecule has 0 aliphatic rings. The molecule has 0 radical (unpaired) electrons. The Balaban J connectivity index is 1.74. The van der Waals surface area contributed by atoms with Crippen molar-refractivity contribution in [2.45, 2.75) is 0 Å². The molecule has 0 N–H and O–H groups in total. The normalized spacial score (nSPS) is 11.6. The van der Waals surface area contributed by atoms with E-state index in [1.807, 2.05) is 91.0 Å². The second-order valence-corrected chi connectivity index (χ2v) is 11.8.